The minimum atomic E-state index is -3.54. The van der Waals surface area contributed by atoms with Gasteiger partial charge in [-0.25, -0.2) is 12.8 Å². The van der Waals surface area contributed by atoms with Crippen molar-refractivity contribution in [3.63, 3.8) is 0 Å². The van der Waals surface area contributed by atoms with Gasteiger partial charge in [0.15, 0.2) is 0 Å². The highest BCUT2D eigenvalue weighted by Crippen LogP contribution is 2.24. The van der Waals surface area contributed by atoms with Gasteiger partial charge in [0.25, 0.3) is 15.9 Å². The van der Waals surface area contributed by atoms with Gasteiger partial charge >= 0.3 is 0 Å². The molecule has 1 saturated heterocycles. The maximum Gasteiger partial charge on any atom is 0.258 e. The summed E-state index contributed by atoms with van der Waals surface area (Å²) in [7, 11) is -3.54. The molecule has 0 unspecified atom stereocenters. The quantitative estimate of drug-likeness (QED) is 0.812. The maximum atomic E-state index is 13.9. The molecule has 0 spiro atoms. The molecule has 0 radical (unpaired) electrons. The lowest BCUT2D eigenvalue weighted by Crippen LogP contribution is -2.50. The molecular weight excluding hydrogens is 375 g/mol. The van der Waals surface area contributed by atoms with E-state index in [-0.39, 0.29) is 41.0 Å². The van der Waals surface area contributed by atoms with Crippen molar-refractivity contribution < 1.29 is 17.6 Å². The highest BCUT2D eigenvalue weighted by Gasteiger charge is 2.32. The highest BCUT2D eigenvalue weighted by atomic mass is 35.5. The summed E-state index contributed by atoms with van der Waals surface area (Å²) in [5, 5.41) is 1.75. The average molecular weight is 389 g/mol. The molecule has 2 aromatic rings. The molecule has 128 valence electrons. The molecule has 1 aromatic heterocycles. The lowest BCUT2D eigenvalue weighted by Gasteiger charge is -2.33. The fraction of sp³-hybridized carbons (Fsp3) is 0.267. The van der Waals surface area contributed by atoms with Gasteiger partial charge < -0.3 is 4.90 Å². The fourth-order valence-corrected chi connectivity index (χ4v) is 5.34. The van der Waals surface area contributed by atoms with E-state index in [2.05, 4.69) is 0 Å². The second-order valence-corrected chi connectivity index (χ2v) is 8.74. The molecule has 2 heterocycles. The summed E-state index contributed by atoms with van der Waals surface area (Å²) in [6, 6.07) is 7.29. The van der Waals surface area contributed by atoms with Crippen LogP contribution in [0.5, 0.6) is 0 Å². The van der Waals surface area contributed by atoms with Crippen LogP contribution in [-0.4, -0.2) is 49.7 Å². The molecule has 24 heavy (non-hydrogen) atoms. The van der Waals surface area contributed by atoms with Crippen molar-refractivity contribution >= 4 is 38.9 Å². The van der Waals surface area contributed by atoms with E-state index in [1.165, 1.54) is 27.4 Å². The summed E-state index contributed by atoms with van der Waals surface area (Å²) >= 11 is 7.07. The zero-order valence-electron chi connectivity index (χ0n) is 12.5. The molecule has 1 aliphatic heterocycles. The number of piperazine rings is 1. The van der Waals surface area contributed by atoms with Gasteiger partial charge in [-0.2, -0.15) is 4.31 Å². The van der Waals surface area contributed by atoms with Gasteiger partial charge in [-0.3, -0.25) is 4.79 Å². The Morgan fingerprint density at radius 1 is 1.12 bits per heavy atom. The van der Waals surface area contributed by atoms with Crippen LogP contribution in [0.4, 0.5) is 4.39 Å². The van der Waals surface area contributed by atoms with Crippen molar-refractivity contribution in [1.29, 1.82) is 0 Å². The summed E-state index contributed by atoms with van der Waals surface area (Å²) < 4.78 is 40.4. The Morgan fingerprint density at radius 2 is 1.83 bits per heavy atom. The van der Waals surface area contributed by atoms with Gasteiger partial charge in [-0.1, -0.05) is 23.7 Å². The van der Waals surface area contributed by atoms with Crippen LogP contribution in [0.1, 0.15) is 10.4 Å². The molecule has 0 bridgehead atoms. The topological polar surface area (TPSA) is 57.7 Å². The first-order valence-corrected chi connectivity index (χ1v) is 9.88. The zero-order valence-corrected chi connectivity index (χ0v) is 14.9. The predicted octanol–water partition coefficient (Wildman–Crippen LogP) is 2.69. The third-order valence-electron chi connectivity index (χ3n) is 3.79. The van der Waals surface area contributed by atoms with Crippen LogP contribution in [0.15, 0.2) is 39.9 Å². The number of carbonyl (C=O) groups is 1. The van der Waals surface area contributed by atoms with Crippen LogP contribution in [0.25, 0.3) is 0 Å². The number of carbonyl (C=O) groups excluding carboxylic acids is 1. The van der Waals surface area contributed by atoms with Gasteiger partial charge in [-0.15, -0.1) is 11.3 Å². The number of rotatable bonds is 3. The lowest BCUT2D eigenvalue weighted by molar-refractivity contribution is 0.0693. The molecule has 0 aliphatic carbocycles. The summed E-state index contributed by atoms with van der Waals surface area (Å²) in [4.78, 5) is 13.9. The van der Waals surface area contributed by atoms with Gasteiger partial charge in [0.1, 0.15) is 10.0 Å². The third-order valence-corrected chi connectivity index (χ3v) is 7.38. The Kier molecular flexibility index (Phi) is 4.91. The molecule has 9 heteroatoms. The van der Waals surface area contributed by atoms with E-state index >= 15 is 0 Å². The third kappa shape index (κ3) is 3.19. The van der Waals surface area contributed by atoms with Crippen molar-refractivity contribution in [2.75, 3.05) is 26.2 Å². The standard InChI is InChI=1S/C15H14ClFN2O3S2/c16-11-3-1-4-12(17)14(11)15(20)18-6-8-19(9-7-18)24(21,22)13-5-2-10-23-13/h1-5,10H,6-9H2. The van der Waals surface area contributed by atoms with Crippen LogP contribution in [0, 0.1) is 5.82 Å². The van der Waals surface area contributed by atoms with Crippen molar-refractivity contribution in [2.45, 2.75) is 4.21 Å². The van der Waals surface area contributed by atoms with Gasteiger partial charge in [-0.05, 0) is 23.6 Å². The largest absolute Gasteiger partial charge is 0.336 e. The predicted molar refractivity (Wildman–Crippen MR) is 90.4 cm³/mol. The van der Waals surface area contributed by atoms with E-state index in [0.717, 1.165) is 11.3 Å². The minimum Gasteiger partial charge on any atom is -0.336 e. The van der Waals surface area contributed by atoms with E-state index in [1.807, 2.05) is 0 Å². The normalized spacial score (nSPS) is 16.3. The SMILES string of the molecule is O=C(c1c(F)cccc1Cl)N1CCN(S(=O)(=O)c2cccs2)CC1. The van der Waals surface area contributed by atoms with Crippen molar-refractivity contribution in [3.8, 4) is 0 Å². The number of benzene rings is 1. The van der Waals surface area contributed by atoms with E-state index in [9.17, 15) is 17.6 Å². The number of thiophene rings is 1. The summed E-state index contributed by atoms with van der Waals surface area (Å²) in [5.74, 6) is -1.20. The van der Waals surface area contributed by atoms with Gasteiger partial charge in [0, 0.05) is 26.2 Å². The number of hydrogen-bond donors (Lipinski definition) is 0. The number of amides is 1. The average Bonchev–Trinajstić information content (AvgIpc) is 3.10. The summed E-state index contributed by atoms with van der Waals surface area (Å²) in [6.45, 7) is 0.707. The zero-order chi connectivity index (χ0) is 17.3. The molecular formula is C15H14ClFN2O3S2. The molecule has 0 N–H and O–H groups in total. The first kappa shape index (κ1) is 17.3. The van der Waals surface area contributed by atoms with Crippen LogP contribution in [0.3, 0.4) is 0 Å². The summed E-state index contributed by atoms with van der Waals surface area (Å²) in [6.07, 6.45) is 0. The van der Waals surface area contributed by atoms with Crippen molar-refractivity contribution in [2.24, 2.45) is 0 Å². The Balaban J connectivity index is 1.73. The fourth-order valence-electron chi connectivity index (χ4n) is 2.53. The van der Waals surface area contributed by atoms with E-state index in [0.29, 0.717) is 0 Å². The number of nitrogens with zero attached hydrogens (tertiary/aromatic N) is 2. The molecule has 5 nitrogen and oxygen atoms in total. The Labute approximate surface area is 148 Å². The first-order chi connectivity index (χ1) is 11.4. The molecule has 1 amide bonds. The second kappa shape index (κ2) is 6.79. The maximum absolute atomic E-state index is 13.9. The van der Waals surface area contributed by atoms with Crippen LogP contribution < -0.4 is 0 Å². The molecule has 1 aromatic carbocycles. The van der Waals surface area contributed by atoms with Crippen LogP contribution in [0.2, 0.25) is 5.02 Å². The second-order valence-electron chi connectivity index (χ2n) is 5.23. The van der Waals surface area contributed by atoms with Crippen molar-refractivity contribution in [1.82, 2.24) is 9.21 Å². The van der Waals surface area contributed by atoms with Gasteiger partial charge in [0.2, 0.25) is 0 Å². The van der Waals surface area contributed by atoms with E-state index in [1.54, 1.807) is 17.5 Å². The van der Waals surface area contributed by atoms with Crippen LogP contribution >= 0.6 is 22.9 Å². The molecule has 1 aliphatic rings. The number of hydrogen-bond acceptors (Lipinski definition) is 4. The lowest BCUT2D eigenvalue weighted by atomic mass is 10.1. The monoisotopic (exact) mass is 388 g/mol. The smallest absolute Gasteiger partial charge is 0.258 e. The Bertz CT molecular complexity index is 827. The molecule has 0 saturated carbocycles. The molecule has 0 atom stereocenters. The summed E-state index contributed by atoms with van der Waals surface area (Å²) in [5.41, 5.74) is -0.172. The Morgan fingerprint density at radius 3 is 2.42 bits per heavy atom. The number of sulfonamides is 1. The molecule has 3 rings (SSSR count). The first-order valence-electron chi connectivity index (χ1n) is 7.18. The number of halogens is 2. The minimum absolute atomic E-state index is 0.0497. The molecule has 1 fully saturated rings. The Hall–Kier alpha value is -1.48. The highest BCUT2D eigenvalue weighted by molar-refractivity contribution is 7.91. The van der Waals surface area contributed by atoms with E-state index < -0.39 is 21.7 Å². The van der Waals surface area contributed by atoms with Gasteiger partial charge in [0.05, 0.1) is 10.6 Å². The van der Waals surface area contributed by atoms with Crippen LogP contribution in [-0.2, 0) is 10.0 Å². The van der Waals surface area contributed by atoms with E-state index in [4.69, 9.17) is 11.6 Å². The van der Waals surface area contributed by atoms with Crippen molar-refractivity contribution in [3.05, 3.63) is 52.1 Å².